The van der Waals surface area contributed by atoms with E-state index in [1.165, 1.54) is 12.8 Å². The van der Waals surface area contributed by atoms with Gasteiger partial charge in [0.1, 0.15) is 0 Å². The Bertz CT molecular complexity index is 1330. The largest absolute Gasteiger partial charge is 0.331 e. The van der Waals surface area contributed by atoms with Gasteiger partial charge in [-0.25, -0.2) is 4.79 Å². The summed E-state index contributed by atoms with van der Waals surface area (Å²) in [7, 11) is 0. The number of benzene rings is 2. The van der Waals surface area contributed by atoms with Crippen LogP contribution in [0.25, 0.3) is 11.1 Å². The number of nitrogens with zero attached hydrogens (tertiary/aromatic N) is 3. The molecule has 0 spiro atoms. The Labute approximate surface area is 200 Å². The molecule has 1 aromatic heterocycles. The fourth-order valence-corrected chi connectivity index (χ4v) is 4.94. The van der Waals surface area contributed by atoms with Gasteiger partial charge >= 0.3 is 6.03 Å². The van der Waals surface area contributed by atoms with E-state index in [1.54, 1.807) is 17.0 Å². The van der Waals surface area contributed by atoms with Gasteiger partial charge in [0.05, 0.1) is 12.7 Å². The molecule has 3 aromatic rings. The lowest BCUT2D eigenvalue weighted by molar-refractivity contribution is -0.124. The van der Waals surface area contributed by atoms with Crippen molar-refractivity contribution in [2.24, 2.45) is 5.92 Å². The predicted molar refractivity (Wildman–Crippen MR) is 125 cm³/mol. The van der Waals surface area contributed by atoms with Crippen LogP contribution in [-0.4, -0.2) is 39.1 Å². The van der Waals surface area contributed by atoms with Crippen LogP contribution in [0.3, 0.4) is 0 Å². The van der Waals surface area contributed by atoms with Crippen molar-refractivity contribution in [3.8, 4) is 11.1 Å². The Balaban J connectivity index is 1.29. The van der Waals surface area contributed by atoms with E-state index in [4.69, 9.17) is 11.6 Å². The Hall–Kier alpha value is -3.65. The van der Waals surface area contributed by atoms with Crippen LogP contribution in [-0.2, 0) is 23.4 Å². The number of aromatic nitrogens is 2. The van der Waals surface area contributed by atoms with Crippen molar-refractivity contribution >= 4 is 29.4 Å². The summed E-state index contributed by atoms with van der Waals surface area (Å²) in [5.41, 5.74) is 2.53. The molecular formula is C25H22ClN5O3. The number of halogens is 1. The SMILES string of the molecule is O=C1NC(=O)[C@](CN2Cc3ccc(Cl)cc3C2=O)(c2ccc(-c3cnn(CC4CC4)c3)cc2)N1. The summed E-state index contributed by atoms with van der Waals surface area (Å²) in [6, 6.07) is 12.1. The van der Waals surface area contributed by atoms with E-state index in [9.17, 15) is 14.4 Å². The molecule has 3 heterocycles. The summed E-state index contributed by atoms with van der Waals surface area (Å²) in [5, 5.41) is 10.0. The van der Waals surface area contributed by atoms with Gasteiger partial charge in [-0.1, -0.05) is 41.9 Å². The van der Waals surface area contributed by atoms with E-state index < -0.39 is 17.5 Å². The van der Waals surface area contributed by atoms with Gasteiger partial charge in [-0.2, -0.15) is 5.10 Å². The summed E-state index contributed by atoms with van der Waals surface area (Å²) in [5.74, 6) is 0.0322. The molecule has 2 aliphatic heterocycles. The van der Waals surface area contributed by atoms with E-state index >= 15 is 0 Å². The quantitative estimate of drug-likeness (QED) is 0.534. The molecular weight excluding hydrogens is 454 g/mol. The minimum absolute atomic E-state index is 0.00831. The zero-order valence-corrected chi connectivity index (χ0v) is 19.0. The lowest BCUT2D eigenvalue weighted by Crippen LogP contribution is -2.52. The second kappa shape index (κ2) is 7.70. The number of urea groups is 1. The van der Waals surface area contributed by atoms with Gasteiger partial charge in [-0.05, 0) is 47.6 Å². The van der Waals surface area contributed by atoms with Crippen molar-refractivity contribution < 1.29 is 14.4 Å². The Morgan fingerprint density at radius 2 is 1.85 bits per heavy atom. The first-order valence-corrected chi connectivity index (χ1v) is 11.6. The van der Waals surface area contributed by atoms with E-state index in [1.807, 2.05) is 47.4 Å². The second-order valence-electron chi connectivity index (χ2n) is 9.25. The Morgan fingerprint density at radius 3 is 2.56 bits per heavy atom. The lowest BCUT2D eigenvalue weighted by atomic mass is 9.88. The average molecular weight is 476 g/mol. The van der Waals surface area contributed by atoms with Crippen molar-refractivity contribution in [2.45, 2.75) is 31.5 Å². The maximum Gasteiger partial charge on any atom is 0.322 e. The number of carbonyl (C=O) groups is 3. The monoisotopic (exact) mass is 475 g/mol. The summed E-state index contributed by atoms with van der Waals surface area (Å²) < 4.78 is 1.97. The van der Waals surface area contributed by atoms with Gasteiger partial charge in [0.15, 0.2) is 5.54 Å². The number of nitrogens with one attached hydrogen (secondary N) is 2. The van der Waals surface area contributed by atoms with Crippen LogP contribution < -0.4 is 10.6 Å². The highest BCUT2D eigenvalue weighted by atomic mass is 35.5. The van der Waals surface area contributed by atoms with E-state index in [0.29, 0.717) is 22.7 Å². The highest BCUT2D eigenvalue weighted by Crippen LogP contribution is 2.34. The van der Waals surface area contributed by atoms with Crippen molar-refractivity contribution in [3.63, 3.8) is 0 Å². The number of imide groups is 1. The van der Waals surface area contributed by atoms with Crippen molar-refractivity contribution in [2.75, 3.05) is 6.54 Å². The molecule has 34 heavy (non-hydrogen) atoms. The molecule has 2 aromatic carbocycles. The minimum atomic E-state index is -1.38. The van der Waals surface area contributed by atoms with Gasteiger partial charge in [0.25, 0.3) is 11.8 Å². The van der Waals surface area contributed by atoms with Gasteiger partial charge < -0.3 is 10.2 Å². The molecule has 1 saturated heterocycles. The van der Waals surface area contributed by atoms with Crippen LogP contribution in [0, 0.1) is 5.92 Å². The van der Waals surface area contributed by atoms with Crippen LogP contribution in [0.2, 0.25) is 5.02 Å². The fraction of sp³-hybridized carbons (Fsp3) is 0.280. The van der Waals surface area contributed by atoms with Crippen LogP contribution in [0.4, 0.5) is 4.79 Å². The van der Waals surface area contributed by atoms with Gasteiger partial charge in [0.2, 0.25) is 0 Å². The third kappa shape index (κ3) is 3.54. The van der Waals surface area contributed by atoms with Crippen LogP contribution in [0.1, 0.15) is 34.3 Å². The molecule has 1 saturated carbocycles. The van der Waals surface area contributed by atoms with Crippen LogP contribution in [0.5, 0.6) is 0 Å². The van der Waals surface area contributed by atoms with E-state index in [0.717, 1.165) is 29.2 Å². The Kier molecular flexibility index (Phi) is 4.74. The number of fused-ring (bicyclic) bond motifs is 1. The topological polar surface area (TPSA) is 96.3 Å². The smallest absolute Gasteiger partial charge is 0.322 e. The lowest BCUT2D eigenvalue weighted by Gasteiger charge is -2.31. The molecule has 3 aliphatic rings. The summed E-state index contributed by atoms with van der Waals surface area (Å²) in [6.45, 7) is 1.29. The first-order valence-electron chi connectivity index (χ1n) is 11.3. The van der Waals surface area contributed by atoms with Gasteiger partial charge in [-0.3, -0.25) is 19.6 Å². The maximum absolute atomic E-state index is 13.0. The molecule has 0 radical (unpaired) electrons. The first-order chi connectivity index (χ1) is 16.4. The van der Waals surface area contributed by atoms with Gasteiger partial charge in [-0.15, -0.1) is 0 Å². The normalized spacial score (nSPS) is 21.6. The van der Waals surface area contributed by atoms with Crippen molar-refractivity contribution in [1.82, 2.24) is 25.3 Å². The molecule has 0 unspecified atom stereocenters. The van der Waals surface area contributed by atoms with Crippen LogP contribution >= 0.6 is 11.6 Å². The minimum Gasteiger partial charge on any atom is -0.331 e. The molecule has 4 amide bonds. The van der Waals surface area contributed by atoms with Crippen LogP contribution in [0.15, 0.2) is 54.9 Å². The number of hydrogen-bond acceptors (Lipinski definition) is 4. The number of carbonyl (C=O) groups excluding carboxylic acids is 3. The number of amides is 4. The summed E-state index contributed by atoms with van der Waals surface area (Å²) in [6.07, 6.45) is 6.38. The predicted octanol–water partition coefficient (Wildman–Crippen LogP) is 3.30. The van der Waals surface area contributed by atoms with E-state index in [-0.39, 0.29) is 12.5 Å². The molecule has 2 fully saturated rings. The Morgan fingerprint density at radius 1 is 1.06 bits per heavy atom. The highest BCUT2D eigenvalue weighted by molar-refractivity contribution is 6.31. The molecule has 0 bridgehead atoms. The molecule has 2 N–H and O–H groups in total. The summed E-state index contributed by atoms with van der Waals surface area (Å²) in [4.78, 5) is 39.8. The van der Waals surface area contributed by atoms with Gasteiger partial charge in [0, 0.05) is 35.4 Å². The zero-order valence-electron chi connectivity index (χ0n) is 18.3. The van der Waals surface area contributed by atoms with E-state index in [2.05, 4.69) is 15.7 Å². The third-order valence-corrected chi connectivity index (χ3v) is 7.04. The highest BCUT2D eigenvalue weighted by Gasteiger charge is 2.50. The summed E-state index contributed by atoms with van der Waals surface area (Å²) >= 11 is 6.07. The molecule has 172 valence electrons. The van der Waals surface area contributed by atoms with Crippen molar-refractivity contribution in [1.29, 1.82) is 0 Å². The maximum atomic E-state index is 13.0. The molecule has 8 nitrogen and oxygen atoms in total. The number of hydrogen-bond donors (Lipinski definition) is 2. The molecule has 1 aliphatic carbocycles. The standard InChI is InChI=1S/C25H22ClN5O3/c26-20-8-5-17-12-30(22(32)21(17)9-20)14-25(23(33)28-24(34)29-25)19-6-3-16(4-7-19)18-10-27-31(13-18)11-15-1-2-15/h3-10,13,15H,1-2,11-12,14H2,(H2,28,29,33,34)/t25-/m0/s1. The molecule has 1 atom stereocenters. The zero-order chi connectivity index (χ0) is 23.4. The van der Waals surface area contributed by atoms with Crippen molar-refractivity contribution in [3.05, 3.63) is 76.6 Å². The number of rotatable bonds is 6. The first kappa shape index (κ1) is 20.9. The average Bonchev–Trinajstić information content (AvgIpc) is 3.31. The molecule has 6 rings (SSSR count). The molecule has 9 heteroatoms. The second-order valence-corrected chi connectivity index (χ2v) is 9.68. The third-order valence-electron chi connectivity index (χ3n) is 6.81. The fourth-order valence-electron chi connectivity index (χ4n) is 4.77.